The summed E-state index contributed by atoms with van der Waals surface area (Å²) in [6.45, 7) is 0.649. The largest absolute Gasteiger partial charge is 0.322 e. The van der Waals surface area contributed by atoms with Crippen LogP contribution in [0.25, 0.3) is 0 Å². The highest BCUT2D eigenvalue weighted by Gasteiger charge is 2.25. The molecule has 0 atom stereocenters. The number of anilines is 2. The van der Waals surface area contributed by atoms with Gasteiger partial charge in [-0.1, -0.05) is 30.0 Å². The van der Waals surface area contributed by atoms with Crippen LogP contribution in [0.2, 0.25) is 0 Å². The first kappa shape index (κ1) is 20.1. The Kier molecular flexibility index (Phi) is 5.81. The normalized spacial score (nSPS) is 12.7. The van der Waals surface area contributed by atoms with Crippen LogP contribution in [-0.4, -0.2) is 24.1 Å². The number of fused-ring (bicyclic) bond motifs is 1. The molecule has 0 radical (unpaired) electrons. The fourth-order valence-corrected chi connectivity index (χ4v) is 3.89. The summed E-state index contributed by atoms with van der Waals surface area (Å²) in [7, 11) is 0. The number of carbonyl (C=O) groups excluding carboxylic acids is 2. The zero-order chi connectivity index (χ0) is 21.1. The van der Waals surface area contributed by atoms with Gasteiger partial charge >= 0.3 is 0 Å². The van der Waals surface area contributed by atoms with Crippen LogP contribution in [0.15, 0.2) is 77.7 Å². The molecule has 4 nitrogen and oxygen atoms in total. The second-order valence-corrected chi connectivity index (χ2v) is 7.83. The van der Waals surface area contributed by atoms with Crippen molar-refractivity contribution in [2.45, 2.75) is 17.1 Å². The highest BCUT2D eigenvalue weighted by molar-refractivity contribution is 7.99. The minimum Gasteiger partial charge on any atom is -0.322 e. The molecule has 0 unspecified atom stereocenters. The predicted octanol–water partition coefficient (Wildman–Crippen LogP) is 5.46. The van der Waals surface area contributed by atoms with Crippen molar-refractivity contribution in [3.05, 3.63) is 89.5 Å². The SMILES string of the molecule is O=C(Nc1ccc(C(=O)N2CCc3ccccc32)cc1)c1ccc(SC(F)F)cc1. The molecule has 1 heterocycles. The van der Waals surface area contributed by atoms with Gasteiger partial charge in [-0.05, 0) is 66.6 Å². The summed E-state index contributed by atoms with van der Waals surface area (Å²) >= 11 is 0.432. The number of nitrogens with zero attached hydrogens (tertiary/aromatic N) is 1. The molecule has 4 rings (SSSR count). The van der Waals surface area contributed by atoms with Gasteiger partial charge in [0, 0.05) is 33.9 Å². The first-order chi connectivity index (χ1) is 14.5. The Morgan fingerprint density at radius 3 is 2.27 bits per heavy atom. The average Bonchev–Trinajstić information content (AvgIpc) is 3.18. The number of para-hydroxylation sites is 1. The van der Waals surface area contributed by atoms with Crippen LogP contribution < -0.4 is 10.2 Å². The van der Waals surface area contributed by atoms with Crippen molar-refractivity contribution in [3.63, 3.8) is 0 Å². The van der Waals surface area contributed by atoms with Gasteiger partial charge in [-0.15, -0.1) is 0 Å². The Morgan fingerprint density at radius 2 is 1.57 bits per heavy atom. The molecular weight excluding hydrogens is 406 g/mol. The Hall–Kier alpha value is -3.19. The third-order valence-corrected chi connectivity index (χ3v) is 5.59. The molecule has 1 aliphatic rings. The van der Waals surface area contributed by atoms with E-state index in [1.165, 1.54) is 24.3 Å². The second-order valence-electron chi connectivity index (χ2n) is 6.77. The van der Waals surface area contributed by atoms with Crippen LogP contribution in [0.1, 0.15) is 26.3 Å². The fraction of sp³-hybridized carbons (Fsp3) is 0.130. The molecule has 0 spiro atoms. The van der Waals surface area contributed by atoms with Crippen molar-refractivity contribution < 1.29 is 18.4 Å². The van der Waals surface area contributed by atoms with Crippen LogP contribution in [0.5, 0.6) is 0 Å². The number of amides is 2. The lowest BCUT2D eigenvalue weighted by atomic mass is 10.1. The van der Waals surface area contributed by atoms with Crippen molar-refractivity contribution in [3.8, 4) is 0 Å². The molecule has 2 amide bonds. The summed E-state index contributed by atoms with van der Waals surface area (Å²) < 4.78 is 24.8. The summed E-state index contributed by atoms with van der Waals surface area (Å²) in [5, 5.41) is 2.75. The van der Waals surface area contributed by atoms with E-state index in [4.69, 9.17) is 0 Å². The van der Waals surface area contributed by atoms with Crippen molar-refractivity contribution in [2.75, 3.05) is 16.8 Å². The van der Waals surface area contributed by atoms with Gasteiger partial charge in [-0.25, -0.2) is 0 Å². The molecular formula is C23H18F2N2O2S. The molecule has 0 saturated heterocycles. The topological polar surface area (TPSA) is 49.4 Å². The molecule has 7 heteroatoms. The van der Waals surface area contributed by atoms with Crippen LogP contribution in [-0.2, 0) is 6.42 Å². The van der Waals surface area contributed by atoms with E-state index in [2.05, 4.69) is 5.32 Å². The lowest BCUT2D eigenvalue weighted by Gasteiger charge is -2.17. The first-order valence-electron chi connectivity index (χ1n) is 9.37. The third-order valence-electron chi connectivity index (χ3n) is 4.86. The summed E-state index contributed by atoms with van der Waals surface area (Å²) in [6.07, 6.45) is 0.838. The van der Waals surface area contributed by atoms with Crippen molar-refractivity contribution >= 4 is 35.0 Å². The molecule has 30 heavy (non-hydrogen) atoms. The number of halogens is 2. The number of carbonyl (C=O) groups is 2. The van der Waals surface area contributed by atoms with Crippen LogP contribution >= 0.6 is 11.8 Å². The average molecular weight is 424 g/mol. The summed E-state index contributed by atoms with van der Waals surface area (Å²) in [5.74, 6) is -2.93. The Bertz CT molecular complexity index is 1070. The van der Waals surface area contributed by atoms with Gasteiger partial charge in [0.2, 0.25) is 0 Å². The molecule has 0 aliphatic carbocycles. The third kappa shape index (κ3) is 4.36. The number of benzene rings is 3. The molecule has 152 valence electrons. The van der Waals surface area contributed by atoms with E-state index in [1.807, 2.05) is 24.3 Å². The lowest BCUT2D eigenvalue weighted by Crippen LogP contribution is -2.28. The van der Waals surface area contributed by atoms with E-state index in [9.17, 15) is 18.4 Å². The van der Waals surface area contributed by atoms with E-state index >= 15 is 0 Å². The number of thioether (sulfide) groups is 1. The Labute approximate surface area is 176 Å². The molecule has 3 aromatic carbocycles. The van der Waals surface area contributed by atoms with Crippen LogP contribution in [0.3, 0.4) is 0 Å². The number of rotatable bonds is 5. The monoisotopic (exact) mass is 424 g/mol. The predicted molar refractivity (Wildman–Crippen MR) is 115 cm³/mol. The summed E-state index contributed by atoms with van der Waals surface area (Å²) in [6, 6.07) is 20.6. The second kappa shape index (κ2) is 8.67. The van der Waals surface area contributed by atoms with E-state index in [1.54, 1.807) is 29.2 Å². The van der Waals surface area contributed by atoms with Gasteiger partial charge in [0.1, 0.15) is 0 Å². The minimum atomic E-state index is -2.50. The van der Waals surface area contributed by atoms with E-state index in [0.29, 0.717) is 40.0 Å². The molecule has 0 saturated carbocycles. The quantitative estimate of drug-likeness (QED) is 0.554. The highest BCUT2D eigenvalue weighted by atomic mass is 32.2. The smallest absolute Gasteiger partial charge is 0.288 e. The Balaban J connectivity index is 1.41. The molecule has 1 aliphatic heterocycles. The van der Waals surface area contributed by atoms with Crippen molar-refractivity contribution in [2.24, 2.45) is 0 Å². The molecule has 1 N–H and O–H groups in total. The highest BCUT2D eigenvalue weighted by Crippen LogP contribution is 2.29. The molecule has 0 fully saturated rings. The van der Waals surface area contributed by atoms with Gasteiger partial charge in [0.05, 0.1) is 0 Å². The number of nitrogens with one attached hydrogen (secondary N) is 1. The minimum absolute atomic E-state index is 0.0788. The van der Waals surface area contributed by atoms with Gasteiger partial charge in [0.25, 0.3) is 17.6 Å². The van der Waals surface area contributed by atoms with E-state index in [0.717, 1.165) is 17.7 Å². The van der Waals surface area contributed by atoms with Crippen molar-refractivity contribution in [1.29, 1.82) is 0 Å². The van der Waals surface area contributed by atoms with Crippen molar-refractivity contribution in [1.82, 2.24) is 0 Å². The Morgan fingerprint density at radius 1 is 0.900 bits per heavy atom. The molecule has 0 aromatic heterocycles. The standard InChI is InChI=1S/C23H18F2N2O2S/c24-23(25)30-19-11-7-16(8-12-19)21(28)26-18-9-5-17(6-10-18)22(29)27-14-13-15-3-1-2-4-20(15)27/h1-12,23H,13-14H2,(H,26,28). The maximum atomic E-state index is 12.9. The zero-order valence-corrected chi connectivity index (χ0v) is 16.7. The van der Waals surface area contributed by atoms with Gasteiger partial charge in [0.15, 0.2) is 0 Å². The zero-order valence-electron chi connectivity index (χ0n) is 15.8. The summed E-state index contributed by atoms with van der Waals surface area (Å²) in [4.78, 5) is 27.4. The summed E-state index contributed by atoms with van der Waals surface area (Å²) in [5.41, 5.74) is 3.55. The number of alkyl halides is 2. The number of hydrogen-bond donors (Lipinski definition) is 1. The van der Waals surface area contributed by atoms with E-state index < -0.39 is 5.76 Å². The van der Waals surface area contributed by atoms with E-state index in [-0.39, 0.29) is 11.8 Å². The van der Waals surface area contributed by atoms with Gasteiger partial charge < -0.3 is 10.2 Å². The molecule has 3 aromatic rings. The lowest BCUT2D eigenvalue weighted by molar-refractivity contribution is 0.0988. The van der Waals surface area contributed by atoms with Gasteiger partial charge in [-0.2, -0.15) is 8.78 Å². The number of hydrogen-bond acceptors (Lipinski definition) is 3. The first-order valence-corrected chi connectivity index (χ1v) is 10.3. The fourth-order valence-electron chi connectivity index (χ4n) is 3.39. The maximum Gasteiger partial charge on any atom is 0.288 e. The van der Waals surface area contributed by atoms with Gasteiger partial charge in [-0.3, -0.25) is 9.59 Å². The van der Waals surface area contributed by atoms with Crippen LogP contribution in [0, 0.1) is 0 Å². The molecule has 0 bridgehead atoms. The maximum absolute atomic E-state index is 12.9. The van der Waals surface area contributed by atoms with Crippen LogP contribution in [0.4, 0.5) is 20.2 Å².